The minimum Gasteiger partial charge on any atom is -0.497 e. The molecule has 0 bridgehead atoms. The van der Waals surface area contributed by atoms with Crippen LogP contribution in [0.2, 0.25) is 0 Å². The van der Waals surface area contributed by atoms with Crippen LogP contribution >= 0.6 is 0 Å². The maximum atomic E-state index is 11.8. The van der Waals surface area contributed by atoms with E-state index in [1.807, 2.05) is 24.3 Å². The number of ether oxygens (including phenoxy) is 2. The van der Waals surface area contributed by atoms with Crippen molar-refractivity contribution in [2.24, 2.45) is 0 Å². The molecule has 0 aromatic heterocycles. The Bertz CT molecular complexity index is 416. The van der Waals surface area contributed by atoms with E-state index in [0.717, 1.165) is 30.7 Å². The van der Waals surface area contributed by atoms with E-state index < -0.39 is 0 Å². The first-order chi connectivity index (χ1) is 9.61. The zero-order valence-electron chi connectivity index (χ0n) is 12.9. The number of carbonyl (C=O) groups excluding carboxylic acids is 1. The van der Waals surface area contributed by atoms with Gasteiger partial charge in [-0.3, -0.25) is 4.79 Å². The molecule has 1 N–H and O–H groups in total. The van der Waals surface area contributed by atoms with Crippen LogP contribution < -0.4 is 10.1 Å². The topological polar surface area (TPSA) is 47.6 Å². The fourth-order valence-corrected chi connectivity index (χ4v) is 2.31. The van der Waals surface area contributed by atoms with Crippen molar-refractivity contribution in [2.45, 2.75) is 38.6 Å². The Balaban J connectivity index is 3.07. The van der Waals surface area contributed by atoms with Gasteiger partial charge in [-0.2, -0.15) is 0 Å². The number of hydrogen-bond donors (Lipinski definition) is 1. The molecule has 112 valence electrons. The molecule has 4 nitrogen and oxygen atoms in total. The molecule has 0 aliphatic heterocycles. The third-order valence-electron chi connectivity index (χ3n) is 3.63. The van der Waals surface area contributed by atoms with Crippen LogP contribution in [0.3, 0.4) is 0 Å². The Hall–Kier alpha value is -1.55. The highest BCUT2D eigenvalue weighted by atomic mass is 16.5. The fraction of sp³-hybridized carbons (Fsp3) is 0.562. The van der Waals surface area contributed by atoms with Gasteiger partial charge >= 0.3 is 5.97 Å². The number of nitrogens with one attached hydrogen (secondary N) is 1. The monoisotopic (exact) mass is 279 g/mol. The van der Waals surface area contributed by atoms with Gasteiger partial charge in [0.2, 0.25) is 0 Å². The molecule has 1 atom stereocenters. The Labute approximate surface area is 121 Å². The lowest BCUT2D eigenvalue weighted by atomic mass is 9.84. The van der Waals surface area contributed by atoms with E-state index in [-0.39, 0.29) is 11.5 Å². The van der Waals surface area contributed by atoms with Crippen LogP contribution in [0.15, 0.2) is 24.3 Å². The number of benzene rings is 1. The summed E-state index contributed by atoms with van der Waals surface area (Å²) >= 11 is 0. The van der Waals surface area contributed by atoms with Crippen LogP contribution in [-0.4, -0.2) is 26.7 Å². The van der Waals surface area contributed by atoms with Crippen LogP contribution in [0, 0.1) is 0 Å². The van der Waals surface area contributed by atoms with Crippen molar-refractivity contribution in [3.8, 4) is 5.75 Å². The molecule has 0 fully saturated rings. The molecule has 0 amide bonds. The largest absolute Gasteiger partial charge is 0.497 e. The number of hydrogen-bond acceptors (Lipinski definition) is 4. The molecule has 4 heteroatoms. The predicted octanol–water partition coefficient (Wildman–Crippen LogP) is 2.86. The molecule has 0 aliphatic rings. The lowest BCUT2D eigenvalue weighted by molar-refractivity contribution is -0.142. The predicted molar refractivity (Wildman–Crippen MR) is 79.9 cm³/mol. The van der Waals surface area contributed by atoms with E-state index >= 15 is 0 Å². The molecule has 0 spiro atoms. The summed E-state index contributed by atoms with van der Waals surface area (Å²) in [6.07, 6.45) is 2.15. The van der Waals surface area contributed by atoms with Gasteiger partial charge in [-0.15, -0.1) is 0 Å². The van der Waals surface area contributed by atoms with Crippen molar-refractivity contribution in [2.75, 3.05) is 20.8 Å². The smallest absolute Gasteiger partial charge is 0.307 e. The van der Waals surface area contributed by atoms with E-state index in [4.69, 9.17) is 9.47 Å². The summed E-state index contributed by atoms with van der Waals surface area (Å²) in [7, 11) is 3.07. The summed E-state index contributed by atoms with van der Waals surface area (Å²) < 4.78 is 10.0. The van der Waals surface area contributed by atoms with Gasteiger partial charge in [-0.25, -0.2) is 0 Å². The lowest BCUT2D eigenvalue weighted by Crippen LogP contribution is -2.44. The van der Waals surface area contributed by atoms with E-state index in [2.05, 4.69) is 19.2 Å². The minimum absolute atomic E-state index is 0.203. The number of esters is 1. The van der Waals surface area contributed by atoms with E-state index in [9.17, 15) is 4.79 Å². The van der Waals surface area contributed by atoms with Crippen LogP contribution in [0.1, 0.15) is 38.7 Å². The molecule has 0 heterocycles. The van der Waals surface area contributed by atoms with Crippen LogP contribution in [0.5, 0.6) is 5.75 Å². The van der Waals surface area contributed by atoms with Crippen molar-refractivity contribution in [1.82, 2.24) is 5.32 Å². The van der Waals surface area contributed by atoms with E-state index in [1.165, 1.54) is 7.11 Å². The van der Waals surface area contributed by atoms with Crippen LogP contribution in [0.25, 0.3) is 0 Å². The van der Waals surface area contributed by atoms with Crippen molar-refractivity contribution in [3.05, 3.63) is 29.8 Å². The van der Waals surface area contributed by atoms with Gasteiger partial charge in [-0.1, -0.05) is 26.0 Å². The standard InChI is InChI=1S/C16H25NO3/c1-5-11-17-16(6-2,12-15(18)20-4)13-7-9-14(19-3)10-8-13/h7-10,17H,5-6,11-12H2,1-4H3. The SMILES string of the molecule is CCCNC(CC)(CC(=O)OC)c1ccc(OC)cc1. The zero-order chi connectivity index (χ0) is 15.0. The Morgan fingerprint density at radius 2 is 1.85 bits per heavy atom. The second kappa shape index (κ2) is 7.90. The third-order valence-corrected chi connectivity index (χ3v) is 3.63. The normalized spacial score (nSPS) is 13.6. The summed E-state index contributed by atoms with van der Waals surface area (Å²) in [5.74, 6) is 0.610. The average molecular weight is 279 g/mol. The Kier molecular flexibility index (Phi) is 6.52. The quantitative estimate of drug-likeness (QED) is 0.743. The first-order valence-electron chi connectivity index (χ1n) is 7.08. The van der Waals surface area contributed by atoms with Crippen molar-refractivity contribution in [1.29, 1.82) is 0 Å². The molecule has 0 radical (unpaired) electrons. The fourth-order valence-electron chi connectivity index (χ4n) is 2.31. The van der Waals surface area contributed by atoms with Crippen LogP contribution in [-0.2, 0) is 15.1 Å². The maximum Gasteiger partial charge on any atom is 0.307 e. The van der Waals surface area contributed by atoms with E-state index in [0.29, 0.717) is 6.42 Å². The molecule has 1 aromatic carbocycles. The van der Waals surface area contributed by atoms with Gasteiger partial charge in [0, 0.05) is 0 Å². The molecule has 0 saturated carbocycles. The summed E-state index contributed by atoms with van der Waals surface area (Å²) in [5, 5.41) is 3.51. The highest BCUT2D eigenvalue weighted by molar-refractivity contribution is 5.71. The molecule has 1 aromatic rings. The highest BCUT2D eigenvalue weighted by Crippen LogP contribution is 2.30. The average Bonchev–Trinajstić information content (AvgIpc) is 2.51. The van der Waals surface area contributed by atoms with Gasteiger partial charge in [-0.05, 0) is 37.1 Å². The first-order valence-corrected chi connectivity index (χ1v) is 7.08. The molecular formula is C16H25NO3. The zero-order valence-corrected chi connectivity index (χ0v) is 12.9. The molecule has 20 heavy (non-hydrogen) atoms. The number of carbonyl (C=O) groups is 1. The number of rotatable bonds is 8. The summed E-state index contributed by atoms with van der Waals surface area (Å²) in [6.45, 7) is 5.05. The Morgan fingerprint density at radius 3 is 2.30 bits per heavy atom. The summed E-state index contributed by atoms with van der Waals surface area (Å²) in [4.78, 5) is 11.8. The van der Waals surface area contributed by atoms with Crippen LogP contribution in [0.4, 0.5) is 0 Å². The molecule has 0 aliphatic carbocycles. The van der Waals surface area contributed by atoms with Crippen molar-refractivity contribution >= 4 is 5.97 Å². The molecule has 0 saturated heterocycles. The molecule has 1 rings (SSSR count). The second-order valence-electron chi connectivity index (χ2n) is 4.84. The highest BCUT2D eigenvalue weighted by Gasteiger charge is 2.32. The minimum atomic E-state index is -0.380. The van der Waals surface area contributed by atoms with Gasteiger partial charge in [0.05, 0.1) is 26.2 Å². The second-order valence-corrected chi connectivity index (χ2v) is 4.84. The van der Waals surface area contributed by atoms with Gasteiger partial charge in [0.25, 0.3) is 0 Å². The summed E-state index contributed by atoms with van der Waals surface area (Å²) in [5.41, 5.74) is 0.703. The third kappa shape index (κ3) is 3.97. The van der Waals surface area contributed by atoms with E-state index in [1.54, 1.807) is 7.11 Å². The maximum absolute atomic E-state index is 11.8. The number of methoxy groups -OCH3 is 2. The van der Waals surface area contributed by atoms with Gasteiger partial charge in [0.1, 0.15) is 5.75 Å². The van der Waals surface area contributed by atoms with Gasteiger partial charge < -0.3 is 14.8 Å². The Morgan fingerprint density at radius 1 is 1.20 bits per heavy atom. The van der Waals surface area contributed by atoms with Crippen molar-refractivity contribution in [3.63, 3.8) is 0 Å². The van der Waals surface area contributed by atoms with Crippen molar-refractivity contribution < 1.29 is 14.3 Å². The lowest BCUT2D eigenvalue weighted by Gasteiger charge is -2.34. The molecule has 1 unspecified atom stereocenters. The molecular weight excluding hydrogens is 254 g/mol. The summed E-state index contributed by atoms with van der Waals surface area (Å²) in [6, 6.07) is 7.86. The first kappa shape index (κ1) is 16.5. The van der Waals surface area contributed by atoms with Gasteiger partial charge in [0.15, 0.2) is 0 Å².